The Bertz CT molecular complexity index is 363. The normalized spacial score (nSPS) is 10.6. The zero-order valence-electron chi connectivity index (χ0n) is 11.8. The first kappa shape index (κ1) is 16.0. The van der Waals surface area contributed by atoms with Crippen molar-refractivity contribution in [3.8, 4) is 0 Å². The van der Waals surface area contributed by atoms with E-state index in [9.17, 15) is 4.79 Å². The number of nitrogens with one attached hydrogen (secondary N) is 1. The molecule has 0 spiro atoms. The minimum atomic E-state index is -0.842. The maximum absolute atomic E-state index is 10.7. The topological polar surface area (TPSA) is 49.3 Å². The van der Waals surface area contributed by atoms with Gasteiger partial charge in [-0.15, -0.1) is 11.3 Å². The van der Waals surface area contributed by atoms with Gasteiger partial charge in [0.15, 0.2) is 0 Å². The molecule has 0 atom stereocenters. The molecule has 3 nitrogen and oxygen atoms in total. The van der Waals surface area contributed by atoms with E-state index in [1.54, 1.807) is 6.07 Å². The highest BCUT2D eigenvalue weighted by Crippen LogP contribution is 2.19. The smallest absolute Gasteiger partial charge is 0.345 e. The molecule has 2 N–H and O–H groups in total. The first-order chi connectivity index (χ1) is 9.24. The molecule has 1 heterocycles. The van der Waals surface area contributed by atoms with E-state index >= 15 is 0 Å². The Balaban J connectivity index is 1.97. The Kier molecular flexibility index (Phi) is 8.30. The molecule has 108 valence electrons. The average molecular weight is 283 g/mol. The number of unbranched alkanes of at least 4 members (excludes halogenated alkanes) is 7. The number of carboxylic acid groups (broad SMARTS) is 1. The van der Waals surface area contributed by atoms with Crippen molar-refractivity contribution in [1.82, 2.24) is 0 Å². The summed E-state index contributed by atoms with van der Waals surface area (Å²) >= 11 is 1.28. The molecule has 19 heavy (non-hydrogen) atoms. The molecule has 0 bridgehead atoms. The molecule has 0 aliphatic carbocycles. The summed E-state index contributed by atoms with van der Waals surface area (Å²) in [5, 5.41) is 14.0. The van der Waals surface area contributed by atoms with Crippen molar-refractivity contribution in [2.24, 2.45) is 0 Å². The van der Waals surface area contributed by atoms with E-state index in [0.29, 0.717) is 4.88 Å². The van der Waals surface area contributed by atoms with Crippen LogP contribution in [0.2, 0.25) is 0 Å². The minimum Gasteiger partial charge on any atom is -0.477 e. The minimum absolute atomic E-state index is 0.401. The molecule has 0 fully saturated rings. The third kappa shape index (κ3) is 7.21. The van der Waals surface area contributed by atoms with Gasteiger partial charge in [-0.25, -0.2) is 4.79 Å². The van der Waals surface area contributed by atoms with Gasteiger partial charge in [-0.1, -0.05) is 51.9 Å². The van der Waals surface area contributed by atoms with Crippen LogP contribution >= 0.6 is 11.3 Å². The second-order valence-corrected chi connectivity index (χ2v) is 5.82. The summed E-state index contributed by atoms with van der Waals surface area (Å²) in [7, 11) is 0. The van der Waals surface area contributed by atoms with E-state index < -0.39 is 5.97 Å². The van der Waals surface area contributed by atoms with Gasteiger partial charge in [-0.2, -0.15) is 0 Å². The molecule has 0 unspecified atom stereocenters. The predicted molar refractivity (Wildman–Crippen MR) is 82.4 cm³/mol. The Morgan fingerprint density at radius 2 is 1.79 bits per heavy atom. The van der Waals surface area contributed by atoms with Crippen molar-refractivity contribution in [2.45, 2.75) is 58.3 Å². The van der Waals surface area contributed by atoms with Crippen LogP contribution in [0.1, 0.15) is 68.0 Å². The number of carboxylic acids is 1. The number of anilines is 1. The second-order valence-electron chi connectivity index (χ2n) is 4.91. The first-order valence-corrected chi connectivity index (χ1v) is 8.17. The summed E-state index contributed by atoms with van der Waals surface area (Å²) in [6.07, 6.45) is 10.5. The summed E-state index contributed by atoms with van der Waals surface area (Å²) < 4.78 is 0. The van der Waals surface area contributed by atoms with E-state index in [-0.39, 0.29) is 0 Å². The van der Waals surface area contributed by atoms with Gasteiger partial charge in [0, 0.05) is 17.6 Å². The van der Waals surface area contributed by atoms with Crippen LogP contribution < -0.4 is 5.32 Å². The van der Waals surface area contributed by atoms with Crippen molar-refractivity contribution < 1.29 is 9.90 Å². The van der Waals surface area contributed by atoms with E-state index in [1.807, 2.05) is 5.38 Å². The Labute approximate surface area is 120 Å². The lowest BCUT2D eigenvalue weighted by Gasteiger charge is -2.04. The summed E-state index contributed by atoms with van der Waals surface area (Å²) in [4.78, 5) is 11.1. The van der Waals surface area contributed by atoms with Gasteiger partial charge in [-0.05, 0) is 12.5 Å². The molecule has 0 amide bonds. The van der Waals surface area contributed by atoms with Gasteiger partial charge in [0.25, 0.3) is 0 Å². The van der Waals surface area contributed by atoms with E-state index in [0.717, 1.165) is 18.7 Å². The lowest BCUT2D eigenvalue weighted by Crippen LogP contribution is -2.00. The Morgan fingerprint density at radius 3 is 2.37 bits per heavy atom. The van der Waals surface area contributed by atoms with Crippen LogP contribution in [0.15, 0.2) is 11.4 Å². The fraction of sp³-hybridized carbons (Fsp3) is 0.667. The summed E-state index contributed by atoms with van der Waals surface area (Å²) in [6.45, 7) is 3.18. The monoisotopic (exact) mass is 283 g/mol. The van der Waals surface area contributed by atoms with Crippen molar-refractivity contribution in [3.63, 3.8) is 0 Å². The quantitative estimate of drug-likeness (QED) is 0.562. The molecular formula is C15H25NO2S. The highest BCUT2D eigenvalue weighted by molar-refractivity contribution is 7.12. The first-order valence-electron chi connectivity index (χ1n) is 7.29. The number of hydrogen-bond acceptors (Lipinski definition) is 3. The van der Waals surface area contributed by atoms with Gasteiger partial charge < -0.3 is 10.4 Å². The van der Waals surface area contributed by atoms with Crippen molar-refractivity contribution in [3.05, 3.63) is 16.3 Å². The molecule has 0 aliphatic heterocycles. The lowest BCUT2D eigenvalue weighted by atomic mass is 10.1. The molecule has 0 aliphatic rings. The van der Waals surface area contributed by atoms with Crippen LogP contribution in [0.4, 0.5) is 5.69 Å². The summed E-state index contributed by atoms with van der Waals surface area (Å²) in [5.74, 6) is -0.842. The van der Waals surface area contributed by atoms with Gasteiger partial charge in [0.05, 0.1) is 0 Å². The largest absolute Gasteiger partial charge is 0.477 e. The van der Waals surface area contributed by atoms with E-state index in [2.05, 4.69) is 12.2 Å². The molecule has 0 saturated carbocycles. The van der Waals surface area contributed by atoms with Gasteiger partial charge in [-0.3, -0.25) is 0 Å². The molecule has 4 heteroatoms. The third-order valence-electron chi connectivity index (χ3n) is 3.17. The molecular weight excluding hydrogens is 258 g/mol. The standard InChI is InChI=1S/C15H25NO2S/c1-2-3-4-5-6-7-8-9-10-16-13-11-14(15(17)18)19-12-13/h11-12,16H,2-10H2,1H3,(H,17,18). The van der Waals surface area contributed by atoms with Crippen LogP contribution in [0.5, 0.6) is 0 Å². The van der Waals surface area contributed by atoms with Crippen LogP contribution in [0.25, 0.3) is 0 Å². The molecule has 1 rings (SSSR count). The van der Waals surface area contributed by atoms with Gasteiger partial charge in [0.1, 0.15) is 4.88 Å². The Morgan fingerprint density at radius 1 is 1.16 bits per heavy atom. The number of aromatic carboxylic acids is 1. The molecule has 0 aromatic carbocycles. The van der Waals surface area contributed by atoms with Crippen molar-refractivity contribution in [1.29, 1.82) is 0 Å². The maximum Gasteiger partial charge on any atom is 0.345 e. The second kappa shape index (κ2) is 9.84. The van der Waals surface area contributed by atoms with E-state index in [1.165, 1.54) is 56.3 Å². The fourth-order valence-corrected chi connectivity index (χ4v) is 2.73. The van der Waals surface area contributed by atoms with Crippen LogP contribution in [-0.4, -0.2) is 17.6 Å². The molecule has 0 radical (unpaired) electrons. The summed E-state index contributed by atoms with van der Waals surface area (Å²) in [5.41, 5.74) is 0.936. The average Bonchev–Trinajstić information content (AvgIpc) is 2.86. The predicted octanol–water partition coefficient (Wildman–Crippen LogP) is 5.00. The van der Waals surface area contributed by atoms with Crippen molar-refractivity contribution >= 4 is 23.0 Å². The SMILES string of the molecule is CCCCCCCCCCNc1csc(C(=O)O)c1. The number of thiophene rings is 1. The third-order valence-corrected chi connectivity index (χ3v) is 4.09. The van der Waals surface area contributed by atoms with Crippen LogP contribution in [-0.2, 0) is 0 Å². The molecule has 1 aromatic rings. The fourth-order valence-electron chi connectivity index (χ4n) is 2.03. The number of hydrogen-bond donors (Lipinski definition) is 2. The van der Waals surface area contributed by atoms with Crippen molar-refractivity contribution in [2.75, 3.05) is 11.9 Å². The molecule has 0 saturated heterocycles. The highest BCUT2D eigenvalue weighted by atomic mass is 32.1. The number of carbonyl (C=O) groups is 1. The Hall–Kier alpha value is -1.03. The highest BCUT2D eigenvalue weighted by Gasteiger charge is 2.05. The van der Waals surface area contributed by atoms with Crippen LogP contribution in [0.3, 0.4) is 0 Å². The number of rotatable bonds is 11. The van der Waals surface area contributed by atoms with Gasteiger partial charge >= 0.3 is 5.97 Å². The zero-order valence-corrected chi connectivity index (χ0v) is 12.6. The maximum atomic E-state index is 10.7. The van der Waals surface area contributed by atoms with Gasteiger partial charge in [0.2, 0.25) is 0 Å². The van der Waals surface area contributed by atoms with Crippen LogP contribution in [0, 0.1) is 0 Å². The lowest BCUT2D eigenvalue weighted by molar-refractivity contribution is 0.0702. The zero-order chi connectivity index (χ0) is 13.9. The molecule has 1 aromatic heterocycles. The summed E-state index contributed by atoms with van der Waals surface area (Å²) in [6, 6.07) is 1.71. The van der Waals surface area contributed by atoms with E-state index in [4.69, 9.17) is 5.11 Å².